The minimum Gasteiger partial charge on any atom is -0.459 e. The molecular formula is C17H20F3IN4O2. The number of aliphatic imine (C=N–C) groups is 1. The Labute approximate surface area is 171 Å². The lowest BCUT2D eigenvalue weighted by molar-refractivity contribution is -0.132. The SMILES string of the molecule is CN=C(NCCC(F)(F)F)NCc1ccc(NC(=O)c2ccco2)cc1.I. The zero-order chi connectivity index (χ0) is 19.0. The first-order chi connectivity index (χ1) is 12.4. The van der Waals surface area contributed by atoms with E-state index in [4.69, 9.17) is 4.42 Å². The average Bonchev–Trinajstić information content (AvgIpc) is 3.13. The van der Waals surface area contributed by atoms with Crippen molar-refractivity contribution in [2.45, 2.75) is 19.1 Å². The largest absolute Gasteiger partial charge is 0.459 e. The van der Waals surface area contributed by atoms with Crippen LogP contribution in [0.15, 0.2) is 52.1 Å². The third kappa shape index (κ3) is 8.33. The molecule has 10 heteroatoms. The van der Waals surface area contributed by atoms with Crippen molar-refractivity contribution >= 4 is 41.5 Å². The number of guanidine groups is 1. The number of benzene rings is 1. The average molecular weight is 496 g/mol. The molecule has 1 aromatic heterocycles. The Morgan fingerprint density at radius 3 is 2.41 bits per heavy atom. The van der Waals surface area contributed by atoms with Crippen LogP contribution < -0.4 is 16.0 Å². The molecule has 1 heterocycles. The Kier molecular flexibility index (Phi) is 9.12. The molecule has 1 amide bonds. The lowest BCUT2D eigenvalue weighted by Gasteiger charge is -2.13. The van der Waals surface area contributed by atoms with Gasteiger partial charge in [0, 0.05) is 25.8 Å². The van der Waals surface area contributed by atoms with Gasteiger partial charge in [-0.25, -0.2) is 0 Å². The first kappa shape index (κ1) is 22.8. The fourth-order valence-corrected chi connectivity index (χ4v) is 2.04. The highest BCUT2D eigenvalue weighted by Crippen LogP contribution is 2.18. The molecule has 0 saturated heterocycles. The van der Waals surface area contributed by atoms with Crippen LogP contribution in [0.3, 0.4) is 0 Å². The summed E-state index contributed by atoms with van der Waals surface area (Å²) in [6.45, 7) is 0.124. The molecular weight excluding hydrogens is 476 g/mol. The molecule has 0 fully saturated rings. The summed E-state index contributed by atoms with van der Waals surface area (Å²) in [5, 5.41) is 8.22. The van der Waals surface area contributed by atoms with Crippen LogP contribution in [0.4, 0.5) is 18.9 Å². The number of furan rings is 1. The van der Waals surface area contributed by atoms with E-state index in [2.05, 4.69) is 20.9 Å². The molecule has 6 nitrogen and oxygen atoms in total. The maximum Gasteiger partial charge on any atom is 0.390 e. The smallest absolute Gasteiger partial charge is 0.390 e. The van der Waals surface area contributed by atoms with Crippen molar-refractivity contribution in [2.24, 2.45) is 4.99 Å². The van der Waals surface area contributed by atoms with Gasteiger partial charge in [-0.15, -0.1) is 24.0 Å². The molecule has 0 unspecified atom stereocenters. The summed E-state index contributed by atoms with van der Waals surface area (Å²) in [5.74, 6) is 0.143. The molecule has 0 saturated carbocycles. The maximum atomic E-state index is 12.1. The summed E-state index contributed by atoms with van der Waals surface area (Å²) in [4.78, 5) is 15.7. The van der Waals surface area contributed by atoms with Gasteiger partial charge in [-0.05, 0) is 29.8 Å². The van der Waals surface area contributed by atoms with Crippen LogP contribution in [0.2, 0.25) is 0 Å². The normalized spacial score (nSPS) is 11.5. The number of rotatable bonds is 6. The fourth-order valence-electron chi connectivity index (χ4n) is 2.04. The van der Waals surface area contributed by atoms with Crippen molar-refractivity contribution in [3.8, 4) is 0 Å². The van der Waals surface area contributed by atoms with Crippen LogP contribution in [-0.2, 0) is 6.54 Å². The van der Waals surface area contributed by atoms with Gasteiger partial charge in [0.15, 0.2) is 11.7 Å². The fraction of sp³-hybridized carbons (Fsp3) is 0.294. The maximum absolute atomic E-state index is 12.1. The third-order valence-electron chi connectivity index (χ3n) is 3.34. The lowest BCUT2D eigenvalue weighted by Crippen LogP contribution is -2.38. The van der Waals surface area contributed by atoms with E-state index in [-0.39, 0.29) is 48.1 Å². The van der Waals surface area contributed by atoms with E-state index in [1.54, 1.807) is 36.4 Å². The summed E-state index contributed by atoms with van der Waals surface area (Å²) in [6.07, 6.45) is -3.72. The zero-order valence-electron chi connectivity index (χ0n) is 14.5. The number of nitrogens with one attached hydrogen (secondary N) is 3. The number of nitrogens with zero attached hydrogens (tertiary/aromatic N) is 1. The Balaban J connectivity index is 0.00000364. The standard InChI is InChI=1S/C17H19F3N4O2.HI/c1-21-16(22-9-8-17(18,19)20)23-11-12-4-6-13(7-5-12)24-15(25)14-3-2-10-26-14;/h2-7,10H,8-9,11H2,1H3,(H,24,25)(H2,21,22,23);1H. The molecule has 2 aromatic rings. The quantitative estimate of drug-likeness (QED) is 0.324. The van der Waals surface area contributed by atoms with E-state index in [9.17, 15) is 18.0 Å². The second-order valence-corrected chi connectivity index (χ2v) is 5.35. The highest BCUT2D eigenvalue weighted by Gasteiger charge is 2.26. The van der Waals surface area contributed by atoms with Crippen LogP contribution in [0.5, 0.6) is 0 Å². The Morgan fingerprint density at radius 1 is 1.15 bits per heavy atom. The topological polar surface area (TPSA) is 78.7 Å². The number of anilines is 1. The van der Waals surface area contributed by atoms with Gasteiger partial charge in [-0.3, -0.25) is 9.79 Å². The molecule has 0 aliphatic heterocycles. The molecule has 0 bridgehead atoms. The van der Waals surface area contributed by atoms with Crippen LogP contribution in [0.25, 0.3) is 0 Å². The van der Waals surface area contributed by atoms with E-state index in [1.165, 1.54) is 13.3 Å². The van der Waals surface area contributed by atoms with Crippen molar-refractivity contribution in [3.05, 3.63) is 54.0 Å². The molecule has 27 heavy (non-hydrogen) atoms. The van der Waals surface area contributed by atoms with Crippen LogP contribution in [-0.4, -0.2) is 31.6 Å². The molecule has 0 aliphatic rings. The highest BCUT2D eigenvalue weighted by atomic mass is 127. The van der Waals surface area contributed by atoms with Gasteiger partial charge in [0.2, 0.25) is 0 Å². The Bertz CT molecular complexity index is 732. The van der Waals surface area contributed by atoms with Gasteiger partial charge < -0.3 is 20.4 Å². The highest BCUT2D eigenvalue weighted by molar-refractivity contribution is 14.0. The second-order valence-electron chi connectivity index (χ2n) is 5.35. The first-order valence-electron chi connectivity index (χ1n) is 7.82. The number of halogens is 4. The number of carbonyl (C=O) groups excluding carboxylic acids is 1. The summed E-state index contributed by atoms with van der Waals surface area (Å²) in [6, 6.07) is 10.2. The van der Waals surface area contributed by atoms with Gasteiger partial charge in [-0.1, -0.05) is 12.1 Å². The number of carbonyl (C=O) groups is 1. The van der Waals surface area contributed by atoms with Gasteiger partial charge in [0.05, 0.1) is 12.7 Å². The molecule has 0 radical (unpaired) electrons. The van der Waals surface area contributed by atoms with E-state index in [0.717, 1.165) is 5.56 Å². The van der Waals surface area contributed by atoms with E-state index < -0.39 is 12.6 Å². The van der Waals surface area contributed by atoms with Gasteiger partial charge in [0.1, 0.15) is 0 Å². The van der Waals surface area contributed by atoms with Crippen molar-refractivity contribution in [2.75, 3.05) is 18.9 Å². The summed E-state index contributed by atoms with van der Waals surface area (Å²) in [5.41, 5.74) is 1.47. The lowest BCUT2D eigenvalue weighted by atomic mass is 10.2. The van der Waals surface area contributed by atoms with Gasteiger partial charge in [-0.2, -0.15) is 13.2 Å². The molecule has 3 N–H and O–H groups in total. The summed E-state index contributed by atoms with van der Waals surface area (Å²) < 4.78 is 41.4. The molecule has 2 rings (SSSR count). The van der Waals surface area contributed by atoms with E-state index in [1.807, 2.05) is 0 Å². The van der Waals surface area contributed by atoms with E-state index >= 15 is 0 Å². The second kappa shape index (κ2) is 10.8. The number of hydrogen-bond acceptors (Lipinski definition) is 3. The first-order valence-corrected chi connectivity index (χ1v) is 7.82. The number of alkyl halides is 3. The minimum absolute atomic E-state index is 0. The summed E-state index contributed by atoms with van der Waals surface area (Å²) >= 11 is 0. The number of amides is 1. The monoisotopic (exact) mass is 496 g/mol. The Morgan fingerprint density at radius 2 is 1.85 bits per heavy atom. The Hall–Kier alpha value is -2.24. The van der Waals surface area contributed by atoms with Crippen molar-refractivity contribution in [1.82, 2.24) is 10.6 Å². The minimum atomic E-state index is -4.21. The van der Waals surface area contributed by atoms with E-state index in [0.29, 0.717) is 12.2 Å². The van der Waals surface area contributed by atoms with Crippen molar-refractivity contribution < 1.29 is 22.4 Å². The van der Waals surface area contributed by atoms with Crippen LogP contribution >= 0.6 is 24.0 Å². The van der Waals surface area contributed by atoms with Crippen LogP contribution in [0.1, 0.15) is 22.5 Å². The number of hydrogen-bond donors (Lipinski definition) is 3. The predicted octanol–water partition coefficient (Wildman–Crippen LogP) is 3.77. The molecule has 0 spiro atoms. The predicted molar refractivity (Wildman–Crippen MR) is 107 cm³/mol. The molecule has 1 aromatic carbocycles. The van der Waals surface area contributed by atoms with Gasteiger partial charge in [0.25, 0.3) is 5.91 Å². The molecule has 148 valence electrons. The summed E-state index contributed by atoms with van der Waals surface area (Å²) in [7, 11) is 1.48. The van der Waals surface area contributed by atoms with Crippen molar-refractivity contribution in [1.29, 1.82) is 0 Å². The van der Waals surface area contributed by atoms with Crippen molar-refractivity contribution in [3.63, 3.8) is 0 Å². The van der Waals surface area contributed by atoms with Gasteiger partial charge >= 0.3 is 6.18 Å². The van der Waals surface area contributed by atoms with Crippen LogP contribution in [0, 0.1) is 0 Å². The zero-order valence-corrected chi connectivity index (χ0v) is 16.8. The molecule has 0 aliphatic carbocycles. The third-order valence-corrected chi connectivity index (χ3v) is 3.34. The molecule has 0 atom stereocenters.